The molecule has 0 aromatic carbocycles. The SMILES string of the molecule is [2H]N1C[C@H]2C[C@@H]1CN2. The summed E-state index contributed by atoms with van der Waals surface area (Å²) in [6.07, 6.45) is 1.20. The summed E-state index contributed by atoms with van der Waals surface area (Å²) in [5.74, 6) is 0. The predicted octanol–water partition coefficient (Wildman–Crippen LogP) is -0.680. The molecular weight excluding hydrogens is 88.1 g/mol. The van der Waals surface area contributed by atoms with Gasteiger partial charge in [-0.15, -0.1) is 0 Å². The number of rotatable bonds is 0. The first-order valence-electron chi connectivity index (χ1n) is 3.30. The average molecular weight is 99.2 g/mol. The molecule has 40 valence electrons. The van der Waals surface area contributed by atoms with Gasteiger partial charge in [-0.25, -0.2) is 0 Å². The van der Waals surface area contributed by atoms with Gasteiger partial charge in [-0.2, -0.15) is 0 Å². The van der Waals surface area contributed by atoms with Crippen molar-refractivity contribution in [1.29, 1.82) is 0 Å². The largest absolute Gasteiger partial charge is 0.311 e. The summed E-state index contributed by atoms with van der Waals surface area (Å²) in [6, 6.07) is 1.16. The Morgan fingerprint density at radius 3 is 2.71 bits per heavy atom. The second-order valence-electron chi connectivity index (χ2n) is 2.36. The summed E-state index contributed by atoms with van der Waals surface area (Å²) in [7, 11) is 0. The van der Waals surface area contributed by atoms with E-state index >= 15 is 0 Å². The van der Waals surface area contributed by atoms with Gasteiger partial charge in [0.2, 0.25) is 0 Å². The Hall–Kier alpha value is -0.0800. The second kappa shape index (κ2) is 1.20. The maximum Gasteiger partial charge on any atom is 0.123 e. The van der Waals surface area contributed by atoms with Gasteiger partial charge in [0.1, 0.15) is 1.41 Å². The van der Waals surface area contributed by atoms with Crippen LogP contribution in [0.5, 0.6) is 0 Å². The lowest BCUT2D eigenvalue weighted by Crippen LogP contribution is -2.39. The summed E-state index contributed by atoms with van der Waals surface area (Å²) in [5, 5.41) is 5.02. The van der Waals surface area contributed by atoms with Gasteiger partial charge in [0.05, 0.1) is 0 Å². The Morgan fingerprint density at radius 2 is 2.43 bits per heavy atom. The lowest BCUT2D eigenvalue weighted by Gasteiger charge is -2.10. The van der Waals surface area contributed by atoms with Crippen LogP contribution in [0, 0.1) is 0 Å². The Kier molecular flexibility index (Phi) is 0.523. The first kappa shape index (κ1) is 3.05. The van der Waals surface area contributed by atoms with E-state index in [4.69, 9.17) is 1.41 Å². The molecule has 0 radical (unpaired) electrons. The minimum Gasteiger partial charge on any atom is -0.311 e. The molecule has 2 N–H and O–H groups in total. The van der Waals surface area contributed by atoms with Crippen molar-refractivity contribution in [2.45, 2.75) is 18.5 Å². The lowest BCUT2D eigenvalue weighted by atomic mass is 10.3. The predicted molar refractivity (Wildman–Crippen MR) is 28.2 cm³/mol. The van der Waals surface area contributed by atoms with E-state index in [9.17, 15) is 0 Å². The van der Waals surface area contributed by atoms with Crippen LogP contribution in [-0.2, 0) is 0 Å². The minimum absolute atomic E-state index is 0.528. The second-order valence-corrected chi connectivity index (χ2v) is 2.36. The van der Waals surface area contributed by atoms with Crippen molar-refractivity contribution < 1.29 is 1.41 Å². The van der Waals surface area contributed by atoms with E-state index in [0.29, 0.717) is 12.1 Å². The molecule has 0 amide bonds. The number of piperazine rings is 1. The Bertz CT molecular complexity index is 105. The maximum absolute atomic E-state index is 7.31. The summed E-state index contributed by atoms with van der Waals surface area (Å²) in [5.41, 5.74) is 0. The van der Waals surface area contributed by atoms with E-state index in [1.54, 1.807) is 5.31 Å². The molecule has 0 unspecified atom stereocenters. The van der Waals surface area contributed by atoms with Gasteiger partial charge in [0.25, 0.3) is 0 Å². The highest BCUT2D eigenvalue weighted by molar-refractivity contribution is 4.94. The standard InChI is InChI=1S/C5H10N2/c1-4-2-6-5(1)3-7-4/h4-7H,1-3H2/t4-,5-/m1/s1/i/hD. The third-order valence-corrected chi connectivity index (χ3v) is 1.78. The summed E-state index contributed by atoms with van der Waals surface area (Å²) >= 11 is 0. The molecule has 0 spiro atoms. The van der Waals surface area contributed by atoms with Crippen LogP contribution in [0.15, 0.2) is 0 Å². The molecule has 2 aliphatic rings. The molecule has 2 rings (SSSR count). The van der Waals surface area contributed by atoms with Crippen molar-refractivity contribution in [1.82, 2.24) is 10.6 Å². The molecule has 2 heterocycles. The molecule has 0 aromatic heterocycles. The molecule has 0 aromatic rings. The maximum atomic E-state index is 7.31. The van der Waals surface area contributed by atoms with E-state index < -0.39 is 0 Å². The highest BCUT2D eigenvalue weighted by atomic mass is 15.1. The molecule has 2 aliphatic heterocycles. The van der Waals surface area contributed by atoms with E-state index in [0.717, 1.165) is 13.1 Å². The van der Waals surface area contributed by atoms with E-state index in [-0.39, 0.29) is 0 Å². The van der Waals surface area contributed by atoms with E-state index in [1.165, 1.54) is 6.42 Å². The van der Waals surface area contributed by atoms with Crippen molar-refractivity contribution >= 4 is 0 Å². The van der Waals surface area contributed by atoms with Crippen LogP contribution in [0.4, 0.5) is 0 Å². The van der Waals surface area contributed by atoms with Gasteiger partial charge >= 0.3 is 0 Å². The fourth-order valence-corrected chi connectivity index (χ4v) is 1.35. The molecule has 7 heavy (non-hydrogen) atoms. The molecule has 2 bridgehead atoms. The molecule has 2 fully saturated rings. The zero-order chi connectivity index (χ0) is 5.56. The fourth-order valence-electron chi connectivity index (χ4n) is 1.35. The topological polar surface area (TPSA) is 24.1 Å². The van der Waals surface area contributed by atoms with Gasteiger partial charge in [-0.3, -0.25) is 0 Å². The summed E-state index contributed by atoms with van der Waals surface area (Å²) < 4.78 is 7.31. The number of nitrogens with one attached hydrogen (secondary N) is 2. The highest BCUT2D eigenvalue weighted by Gasteiger charge is 2.29. The van der Waals surface area contributed by atoms with Gasteiger partial charge in [-0.1, -0.05) is 0 Å². The highest BCUT2D eigenvalue weighted by Crippen LogP contribution is 2.11. The van der Waals surface area contributed by atoms with Crippen molar-refractivity contribution in [3.05, 3.63) is 0 Å². The Balaban J connectivity index is 2.11. The van der Waals surface area contributed by atoms with Crippen LogP contribution < -0.4 is 10.6 Å². The molecular formula is C5H10N2. The van der Waals surface area contributed by atoms with Crippen LogP contribution in [0.2, 0.25) is 1.41 Å². The fraction of sp³-hybridized carbons (Fsp3) is 1.00. The first-order valence-corrected chi connectivity index (χ1v) is 2.85. The van der Waals surface area contributed by atoms with Crippen LogP contribution in [0.1, 0.15) is 6.42 Å². The van der Waals surface area contributed by atoms with Crippen LogP contribution >= 0.6 is 0 Å². The number of hydrogen-bond donors (Lipinski definition) is 2. The third kappa shape index (κ3) is 0.469. The monoisotopic (exact) mass is 99.1 g/mol. The van der Waals surface area contributed by atoms with Crippen molar-refractivity contribution in [3.8, 4) is 0 Å². The Labute approximate surface area is 44.8 Å². The molecule has 2 heteroatoms. The average Bonchev–Trinajstić information content (AvgIpc) is 2.23. The zero-order valence-corrected chi connectivity index (χ0v) is 4.22. The van der Waals surface area contributed by atoms with Crippen LogP contribution in [0.25, 0.3) is 0 Å². The van der Waals surface area contributed by atoms with Gasteiger partial charge in [0, 0.05) is 25.2 Å². The van der Waals surface area contributed by atoms with Gasteiger partial charge < -0.3 is 10.6 Å². The molecule has 2 atom stereocenters. The van der Waals surface area contributed by atoms with Crippen molar-refractivity contribution in [2.75, 3.05) is 13.1 Å². The quantitative estimate of drug-likeness (QED) is 0.420. The summed E-state index contributed by atoms with van der Waals surface area (Å²) in [6.45, 7) is 1.97. The van der Waals surface area contributed by atoms with Crippen LogP contribution in [0.3, 0.4) is 0 Å². The van der Waals surface area contributed by atoms with Gasteiger partial charge in [-0.05, 0) is 6.42 Å². The normalized spacial score (nSPS) is 52.9. The van der Waals surface area contributed by atoms with Crippen molar-refractivity contribution in [2.24, 2.45) is 0 Å². The number of hydrogen-bond acceptors (Lipinski definition) is 2. The summed E-state index contributed by atoms with van der Waals surface area (Å²) in [4.78, 5) is 0. The molecule has 0 saturated carbocycles. The van der Waals surface area contributed by atoms with Crippen LogP contribution in [-0.4, -0.2) is 25.2 Å². The lowest BCUT2D eigenvalue weighted by molar-refractivity contribution is 0.528. The van der Waals surface area contributed by atoms with Crippen molar-refractivity contribution in [3.63, 3.8) is 0 Å². The zero-order valence-electron chi connectivity index (χ0n) is 5.22. The van der Waals surface area contributed by atoms with Gasteiger partial charge in [0.15, 0.2) is 0 Å². The molecule has 2 saturated heterocycles. The molecule has 0 aliphatic carbocycles. The first-order chi connectivity index (χ1) is 3.86. The third-order valence-electron chi connectivity index (χ3n) is 1.78. The Morgan fingerprint density at radius 1 is 1.43 bits per heavy atom. The minimum atomic E-state index is 0.528. The number of fused-ring (bicyclic) bond motifs is 2. The molecule has 2 nitrogen and oxygen atoms in total. The smallest absolute Gasteiger partial charge is 0.123 e. The van der Waals surface area contributed by atoms with E-state index in [1.807, 2.05) is 0 Å². The van der Waals surface area contributed by atoms with E-state index in [2.05, 4.69) is 5.32 Å².